The van der Waals surface area contributed by atoms with Crippen LogP contribution in [0.2, 0.25) is 0 Å². The van der Waals surface area contributed by atoms with Crippen molar-refractivity contribution in [2.24, 2.45) is 0 Å². The average molecular weight is 365 g/mol. The molecule has 26 heavy (non-hydrogen) atoms. The maximum absolute atomic E-state index is 9.18. The molecule has 0 heterocycles. The van der Waals surface area contributed by atoms with Crippen LogP contribution in [-0.4, -0.2) is 10.5 Å². The first-order valence-electron chi connectivity index (χ1n) is 12.0. The molecule has 0 saturated carbocycles. The summed E-state index contributed by atoms with van der Waals surface area (Å²) in [5, 5.41) is 0. The molecule has 0 aromatic rings. The normalized spacial score (nSPS) is 10.8. The molecule has 0 aromatic carbocycles. The van der Waals surface area contributed by atoms with E-state index in [0.717, 1.165) is 18.6 Å². The Morgan fingerprint density at radius 3 is 1.00 bits per heavy atom. The van der Waals surface area contributed by atoms with Crippen molar-refractivity contribution < 1.29 is 4.79 Å². The fourth-order valence-electron chi connectivity index (χ4n) is 3.68. The quantitative estimate of drug-likeness (QED) is 0.0843. The van der Waals surface area contributed by atoms with Gasteiger partial charge in [-0.05, 0) is 12.8 Å². The van der Waals surface area contributed by atoms with Gasteiger partial charge in [-0.3, -0.25) is 0 Å². The Kier molecular flexibility index (Phi) is 21.9. The maximum Gasteiger partial charge on any atom is 0.268 e. The van der Waals surface area contributed by atoms with Gasteiger partial charge in [0.2, 0.25) is 0 Å². The minimum absolute atomic E-state index is 1.00. The maximum atomic E-state index is 9.18. The summed E-state index contributed by atoms with van der Waals surface area (Å²) < 4.78 is 0. The zero-order valence-corrected chi connectivity index (χ0v) is 18.2. The van der Waals surface area contributed by atoms with Crippen molar-refractivity contribution in [3.8, 4) is 0 Å². The van der Waals surface area contributed by atoms with E-state index in [9.17, 15) is 5.53 Å². The van der Waals surface area contributed by atoms with Gasteiger partial charge < -0.3 is 5.53 Å². The van der Waals surface area contributed by atoms with Gasteiger partial charge in [-0.15, -0.1) is 0 Å². The fraction of sp³-hybridized carbons (Fsp3) is 0.958. The van der Waals surface area contributed by atoms with Crippen LogP contribution in [0.5, 0.6) is 0 Å². The van der Waals surface area contributed by atoms with Gasteiger partial charge in [-0.25, -0.2) is 0 Å². The summed E-state index contributed by atoms with van der Waals surface area (Å²) in [6.07, 6.45) is 27.9. The predicted molar refractivity (Wildman–Crippen MR) is 117 cm³/mol. The van der Waals surface area contributed by atoms with Crippen molar-refractivity contribution in [1.29, 1.82) is 0 Å². The van der Waals surface area contributed by atoms with E-state index in [1.165, 1.54) is 122 Å². The smallest absolute Gasteiger partial charge is 0.268 e. The highest BCUT2D eigenvalue weighted by Gasteiger charge is 2.07. The van der Waals surface area contributed by atoms with Crippen molar-refractivity contribution in [2.75, 3.05) is 0 Å². The summed E-state index contributed by atoms with van der Waals surface area (Å²) in [7, 11) is 0. The lowest BCUT2D eigenvalue weighted by atomic mass is 10.0. The minimum Gasteiger partial charge on any atom is -0.362 e. The molecule has 0 N–H and O–H groups in total. The Balaban J connectivity index is 3.32. The van der Waals surface area contributed by atoms with Gasteiger partial charge in [0.25, 0.3) is 5.71 Å². The molecular formula is C24H48N2. The van der Waals surface area contributed by atoms with Crippen LogP contribution in [0.25, 0.3) is 5.53 Å². The molecule has 0 saturated heterocycles. The van der Waals surface area contributed by atoms with E-state index < -0.39 is 0 Å². The lowest BCUT2D eigenvalue weighted by Crippen LogP contribution is -2.00. The highest BCUT2D eigenvalue weighted by Crippen LogP contribution is 2.14. The van der Waals surface area contributed by atoms with Crippen molar-refractivity contribution in [2.45, 2.75) is 149 Å². The molecule has 0 radical (unpaired) electrons. The zero-order valence-electron chi connectivity index (χ0n) is 18.2. The summed E-state index contributed by atoms with van der Waals surface area (Å²) in [6, 6.07) is 0. The molecule has 0 aromatic heterocycles. The predicted octanol–water partition coefficient (Wildman–Crippen LogP) is 8.89. The lowest BCUT2D eigenvalue weighted by Gasteiger charge is -2.02. The second kappa shape index (κ2) is 22.4. The number of rotatable bonds is 21. The molecule has 2 heteroatoms. The molecule has 0 bridgehead atoms. The third-order valence-corrected chi connectivity index (χ3v) is 5.53. The summed E-state index contributed by atoms with van der Waals surface area (Å²) in [4.78, 5) is 3.55. The van der Waals surface area contributed by atoms with Gasteiger partial charge in [0.15, 0.2) is 0 Å². The van der Waals surface area contributed by atoms with Crippen LogP contribution in [-0.2, 0) is 0 Å². The van der Waals surface area contributed by atoms with Crippen LogP contribution in [0.1, 0.15) is 149 Å². The molecule has 0 amide bonds. The number of nitrogens with zero attached hydrogens (tertiary/aromatic N) is 2. The van der Waals surface area contributed by atoms with Gasteiger partial charge >= 0.3 is 0 Å². The lowest BCUT2D eigenvalue weighted by molar-refractivity contribution is -0.0118. The Morgan fingerprint density at radius 2 is 0.731 bits per heavy atom. The Morgan fingerprint density at radius 1 is 0.462 bits per heavy atom. The van der Waals surface area contributed by atoms with Gasteiger partial charge in [0.1, 0.15) is 0 Å². The first kappa shape index (κ1) is 25.4. The molecule has 0 aliphatic heterocycles. The monoisotopic (exact) mass is 364 g/mol. The van der Waals surface area contributed by atoms with E-state index in [0.29, 0.717) is 0 Å². The molecule has 0 aliphatic rings. The van der Waals surface area contributed by atoms with Crippen molar-refractivity contribution in [1.82, 2.24) is 0 Å². The summed E-state index contributed by atoms with van der Waals surface area (Å²) in [5.41, 5.74) is 10.2. The highest BCUT2D eigenvalue weighted by molar-refractivity contribution is 5.78. The van der Waals surface area contributed by atoms with Crippen molar-refractivity contribution in [3.05, 3.63) is 5.53 Å². The Bertz CT molecular complexity index is 318. The van der Waals surface area contributed by atoms with Gasteiger partial charge in [0, 0.05) is 12.8 Å². The van der Waals surface area contributed by atoms with Crippen LogP contribution in [0.4, 0.5) is 0 Å². The average Bonchev–Trinajstić information content (AvgIpc) is 2.66. The fourth-order valence-corrected chi connectivity index (χ4v) is 3.68. The van der Waals surface area contributed by atoms with E-state index in [-0.39, 0.29) is 0 Å². The molecule has 154 valence electrons. The van der Waals surface area contributed by atoms with Crippen LogP contribution in [0.15, 0.2) is 0 Å². The summed E-state index contributed by atoms with van der Waals surface area (Å²) in [5.74, 6) is 0. The molecule has 0 fully saturated rings. The molecule has 0 spiro atoms. The molecule has 2 nitrogen and oxygen atoms in total. The topological polar surface area (TPSA) is 36.4 Å². The van der Waals surface area contributed by atoms with E-state index in [4.69, 9.17) is 0 Å². The van der Waals surface area contributed by atoms with E-state index >= 15 is 0 Å². The minimum atomic E-state index is 1.00. The summed E-state index contributed by atoms with van der Waals surface area (Å²) >= 11 is 0. The van der Waals surface area contributed by atoms with E-state index in [1.54, 1.807) is 0 Å². The van der Waals surface area contributed by atoms with E-state index in [2.05, 4.69) is 18.6 Å². The molecular weight excluding hydrogens is 316 g/mol. The second-order valence-corrected chi connectivity index (χ2v) is 8.18. The number of hydrogen-bond acceptors (Lipinski definition) is 0. The third-order valence-electron chi connectivity index (χ3n) is 5.53. The molecule has 0 aliphatic carbocycles. The van der Waals surface area contributed by atoms with Crippen LogP contribution < -0.4 is 0 Å². The Hall–Kier alpha value is -0.620. The third kappa shape index (κ3) is 19.7. The Labute approximate surface area is 165 Å². The number of hydrogen-bond donors (Lipinski definition) is 0. The highest BCUT2D eigenvalue weighted by atomic mass is 14.9. The van der Waals surface area contributed by atoms with Gasteiger partial charge in [-0.2, -0.15) is 4.79 Å². The SMILES string of the molecule is CCCCCCCCCCCCCC(CCCCCCCCCC)=[N+]=[N-]. The van der Waals surface area contributed by atoms with Crippen LogP contribution >= 0.6 is 0 Å². The molecule has 0 atom stereocenters. The summed E-state index contributed by atoms with van der Waals surface area (Å²) in [6.45, 7) is 4.55. The largest absolute Gasteiger partial charge is 0.362 e. The van der Waals surface area contributed by atoms with E-state index in [1.807, 2.05) is 0 Å². The van der Waals surface area contributed by atoms with Gasteiger partial charge in [0.05, 0.1) is 0 Å². The molecule has 0 unspecified atom stereocenters. The van der Waals surface area contributed by atoms with Crippen molar-refractivity contribution >= 4 is 5.71 Å². The molecule has 0 rings (SSSR count). The first-order chi connectivity index (χ1) is 12.8. The zero-order chi connectivity index (χ0) is 19.1. The standard InChI is InChI=1S/C24H48N2/c1-3-5-7-9-11-13-14-15-17-19-21-23-24(26-25)22-20-18-16-12-10-8-6-4-2/h3-23H2,1-2H3. The first-order valence-corrected chi connectivity index (χ1v) is 12.0. The van der Waals surface area contributed by atoms with Crippen LogP contribution in [0, 0.1) is 0 Å². The van der Waals surface area contributed by atoms with Crippen molar-refractivity contribution in [3.63, 3.8) is 0 Å². The van der Waals surface area contributed by atoms with Crippen LogP contribution in [0.3, 0.4) is 0 Å². The van der Waals surface area contributed by atoms with Gasteiger partial charge in [-0.1, -0.05) is 123 Å². The second-order valence-electron chi connectivity index (χ2n) is 8.18. The number of unbranched alkanes of at least 4 members (excludes halogenated alkanes) is 17.